The number of likely N-dealkylation sites (tertiary alicyclic amines) is 1. The van der Waals surface area contributed by atoms with Gasteiger partial charge in [-0.25, -0.2) is 4.39 Å². The van der Waals surface area contributed by atoms with Gasteiger partial charge in [-0.15, -0.1) is 0 Å². The summed E-state index contributed by atoms with van der Waals surface area (Å²) in [6.45, 7) is 5.17. The smallest absolute Gasteiger partial charge is 0.336 e. The molecule has 9 nitrogen and oxygen atoms in total. The molecule has 0 radical (unpaired) electrons. The van der Waals surface area contributed by atoms with Gasteiger partial charge in [0.05, 0.1) is 17.2 Å². The molecule has 0 aromatic heterocycles. The zero-order chi connectivity index (χ0) is 31.5. The molecular weight excluding hydrogens is 570 g/mol. The van der Waals surface area contributed by atoms with Crippen molar-refractivity contribution < 1.29 is 36.7 Å². The largest absolute Gasteiger partial charge is 0.471 e. The minimum atomic E-state index is -5.27. The normalized spacial score (nSPS) is 23.9. The van der Waals surface area contributed by atoms with Gasteiger partial charge in [-0.05, 0) is 41.2 Å². The van der Waals surface area contributed by atoms with Crippen molar-refractivity contribution in [2.24, 2.45) is 5.41 Å². The first-order chi connectivity index (χ1) is 20.1. The number of rotatable bonds is 4. The number of nitriles is 1. The number of fused-ring (bicyclic) bond motifs is 3. The Hall–Kier alpha value is -4.47. The van der Waals surface area contributed by atoms with Crippen LogP contribution >= 0.6 is 0 Å². The summed E-state index contributed by atoms with van der Waals surface area (Å²) in [6, 6.07) is 8.24. The molecule has 0 bridgehead atoms. The molecule has 1 fully saturated rings. The molecule has 1 spiro atoms. The number of anilines is 2. The Morgan fingerprint density at radius 3 is 2.51 bits per heavy atom. The van der Waals surface area contributed by atoms with Gasteiger partial charge in [0, 0.05) is 25.1 Å². The second-order valence-electron chi connectivity index (χ2n) is 12.4. The fourth-order valence-electron chi connectivity index (χ4n) is 6.25. The summed E-state index contributed by atoms with van der Waals surface area (Å²) in [7, 11) is 0. The minimum absolute atomic E-state index is 0.0102. The molecule has 13 heteroatoms. The van der Waals surface area contributed by atoms with Gasteiger partial charge in [-0.2, -0.15) is 18.4 Å². The second kappa shape index (κ2) is 10.4. The van der Waals surface area contributed by atoms with Crippen LogP contribution in [0.4, 0.5) is 28.9 Å². The van der Waals surface area contributed by atoms with Crippen LogP contribution in [0.5, 0.6) is 0 Å². The summed E-state index contributed by atoms with van der Waals surface area (Å²) in [4.78, 5) is 55.6. The summed E-state index contributed by atoms with van der Waals surface area (Å²) in [6.07, 6.45) is -5.66. The molecule has 2 aromatic carbocycles. The zero-order valence-electron chi connectivity index (χ0n) is 23.6. The molecular formula is C30H29F4N5O4. The number of carbonyl (C=O) groups is 4. The highest BCUT2D eigenvalue weighted by molar-refractivity contribution is 6.09. The number of halogens is 4. The molecule has 43 heavy (non-hydrogen) atoms. The molecule has 0 saturated carbocycles. The molecule has 1 saturated heterocycles. The summed E-state index contributed by atoms with van der Waals surface area (Å²) in [5.74, 6) is -5.20. The number of para-hydroxylation sites is 1. The van der Waals surface area contributed by atoms with E-state index in [0.717, 1.165) is 17.0 Å². The fraction of sp³-hybridized carbons (Fsp3) is 0.433. The van der Waals surface area contributed by atoms with Gasteiger partial charge in [-0.3, -0.25) is 24.1 Å². The van der Waals surface area contributed by atoms with Crippen molar-refractivity contribution in [2.45, 2.75) is 69.8 Å². The van der Waals surface area contributed by atoms with Gasteiger partial charge >= 0.3 is 12.1 Å². The average Bonchev–Trinajstić information content (AvgIpc) is 3.44. The molecule has 0 unspecified atom stereocenters. The number of benzene rings is 2. The fourth-order valence-corrected chi connectivity index (χ4v) is 6.25. The van der Waals surface area contributed by atoms with E-state index in [4.69, 9.17) is 0 Å². The summed E-state index contributed by atoms with van der Waals surface area (Å²) >= 11 is 0. The number of hydrogen-bond acceptors (Lipinski definition) is 5. The monoisotopic (exact) mass is 599 g/mol. The summed E-state index contributed by atoms with van der Waals surface area (Å²) < 4.78 is 54.0. The Labute approximate surface area is 244 Å². The first-order valence-electron chi connectivity index (χ1n) is 13.7. The maximum absolute atomic E-state index is 14.5. The average molecular weight is 600 g/mol. The zero-order valence-corrected chi connectivity index (χ0v) is 23.6. The van der Waals surface area contributed by atoms with Gasteiger partial charge in [0.1, 0.15) is 23.9 Å². The van der Waals surface area contributed by atoms with Crippen LogP contribution in [-0.4, -0.2) is 59.4 Å². The quantitative estimate of drug-likeness (QED) is 0.521. The Morgan fingerprint density at radius 2 is 1.86 bits per heavy atom. The van der Waals surface area contributed by atoms with Crippen LogP contribution in [0.2, 0.25) is 0 Å². The Balaban J connectivity index is 1.58. The highest BCUT2D eigenvalue weighted by Gasteiger charge is 2.57. The van der Waals surface area contributed by atoms with E-state index in [9.17, 15) is 42.0 Å². The standard InChI is InChI=1S/C30H29F4N5O4/c1-28(2,3)13-23(25(41)38-15-29(12-18(38)14-35)19-6-4-5-7-20(19)36-26(29)42)39-22-11-17(31)9-8-16(22)10-21(24(39)40)37-27(43)30(32,33)34/h4-9,11,18,21,23H,10,12-13,15H2,1-3H3,(H,36,42)(H,37,43)/t18-,21-,23-,29-/m0/s1. The first-order valence-corrected chi connectivity index (χ1v) is 13.7. The van der Waals surface area contributed by atoms with E-state index in [-0.39, 0.29) is 43.0 Å². The molecule has 4 amide bonds. The van der Waals surface area contributed by atoms with E-state index < -0.39 is 58.7 Å². The number of nitrogens with one attached hydrogen (secondary N) is 2. The van der Waals surface area contributed by atoms with E-state index >= 15 is 0 Å². The van der Waals surface area contributed by atoms with Crippen molar-refractivity contribution in [3.63, 3.8) is 0 Å². The molecule has 2 aromatic rings. The SMILES string of the molecule is CC(C)(C)C[C@@H](C(=O)N1C[C@]2(C[C@H]1C#N)C(=O)Nc1ccccc12)N1C(=O)[C@@H](NC(=O)C(F)(F)F)Cc2ccc(F)cc21. The van der Waals surface area contributed by atoms with Crippen molar-refractivity contribution >= 4 is 35.0 Å². The van der Waals surface area contributed by atoms with Crippen LogP contribution in [0.3, 0.4) is 0 Å². The van der Waals surface area contributed by atoms with Gasteiger partial charge in [0.25, 0.3) is 5.91 Å². The van der Waals surface area contributed by atoms with E-state index in [0.29, 0.717) is 11.3 Å². The highest BCUT2D eigenvalue weighted by atomic mass is 19.4. The number of alkyl halides is 3. The van der Waals surface area contributed by atoms with Crippen LogP contribution in [0.25, 0.3) is 0 Å². The number of amides is 4. The maximum atomic E-state index is 14.5. The van der Waals surface area contributed by atoms with Gasteiger partial charge in [0.15, 0.2) is 0 Å². The molecule has 3 heterocycles. The Kier molecular flexibility index (Phi) is 7.23. The van der Waals surface area contributed by atoms with E-state index in [1.165, 1.54) is 11.0 Å². The third kappa shape index (κ3) is 5.30. The van der Waals surface area contributed by atoms with E-state index in [1.54, 1.807) is 50.4 Å². The third-order valence-corrected chi connectivity index (χ3v) is 8.15. The lowest BCUT2D eigenvalue weighted by atomic mass is 9.80. The van der Waals surface area contributed by atoms with Crippen molar-refractivity contribution in [2.75, 3.05) is 16.8 Å². The van der Waals surface area contributed by atoms with Crippen molar-refractivity contribution in [1.82, 2.24) is 10.2 Å². The van der Waals surface area contributed by atoms with Gasteiger partial charge in [-0.1, -0.05) is 45.0 Å². The molecule has 3 aliphatic heterocycles. The number of nitrogens with zero attached hydrogens (tertiary/aromatic N) is 3. The second-order valence-corrected chi connectivity index (χ2v) is 12.4. The van der Waals surface area contributed by atoms with Crippen LogP contribution in [0.1, 0.15) is 44.7 Å². The van der Waals surface area contributed by atoms with Gasteiger partial charge < -0.3 is 15.5 Å². The lowest BCUT2D eigenvalue weighted by molar-refractivity contribution is -0.174. The topological polar surface area (TPSA) is 123 Å². The van der Waals surface area contributed by atoms with E-state index in [2.05, 4.69) is 11.4 Å². The van der Waals surface area contributed by atoms with Crippen LogP contribution in [0, 0.1) is 22.6 Å². The van der Waals surface area contributed by atoms with Crippen molar-refractivity contribution in [3.8, 4) is 6.07 Å². The predicted octanol–water partition coefficient (Wildman–Crippen LogP) is 3.58. The van der Waals surface area contributed by atoms with Crippen LogP contribution in [-0.2, 0) is 31.0 Å². The van der Waals surface area contributed by atoms with Crippen LogP contribution in [0.15, 0.2) is 42.5 Å². The Bertz CT molecular complexity index is 1560. The highest BCUT2D eigenvalue weighted by Crippen LogP contribution is 2.47. The Morgan fingerprint density at radius 1 is 1.16 bits per heavy atom. The van der Waals surface area contributed by atoms with E-state index in [1.807, 2.05) is 0 Å². The van der Waals surface area contributed by atoms with Gasteiger partial charge in [0.2, 0.25) is 11.8 Å². The number of carbonyl (C=O) groups excluding carboxylic acids is 4. The lowest BCUT2D eigenvalue weighted by Crippen LogP contribution is -2.61. The van der Waals surface area contributed by atoms with Crippen molar-refractivity contribution in [3.05, 3.63) is 59.4 Å². The lowest BCUT2D eigenvalue weighted by Gasteiger charge is -2.42. The molecule has 3 aliphatic rings. The maximum Gasteiger partial charge on any atom is 0.471 e. The molecule has 0 aliphatic carbocycles. The predicted molar refractivity (Wildman–Crippen MR) is 146 cm³/mol. The molecule has 5 rings (SSSR count). The molecule has 226 valence electrons. The number of hydrogen-bond donors (Lipinski definition) is 2. The molecule has 2 N–H and O–H groups in total. The summed E-state index contributed by atoms with van der Waals surface area (Å²) in [5.41, 5.74) is -0.455. The first kappa shape index (κ1) is 30.0. The van der Waals surface area contributed by atoms with Crippen molar-refractivity contribution in [1.29, 1.82) is 5.26 Å². The molecule has 4 atom stereocenters. The van der Waals surface area contributed by atoms with Crippen LogP contribution < -0.4 is 15.5 Å². The summed E-state index contributed by atoms with van der Waals surface area (Å²) in [5, 5.41) is 14.6. The minimum Gasteiger partial charge on any atom is -0.336 e. The third-order valence-electron chi connectivity index (χ3n) is 8.15.